The molecule has 0 aromatic heterocycles. The second-order valence-electron chi connectivity index (χ2n) is 5.68. The maximum Gasteiger partial charge on any atom is 0.239 e. The summed E-state index contributed by atoms with van der Waals surface area (Å²) in [5.41, 5.74) is -0.159. The predicted octanol–water partition coefficient (Wildman–Crippen LogP) is 3.24. The van der Waals surface area contributed by atoms with Crippen LogP contribution in [0.5, 0.6) is 0 Å². The summed E-state index contributed by atoms with van der Waals surface area (Å²) in [5, 5.41) is 2.97. The molecule has 3 nitrogen and oxygen atoms in total. The standard InChI is InChI=1S/C16H22F2N2O/c1-20(16-13(17)9-6-10-14(16)18)11-15(21)19-12-7-4-2-3-5-8-12/h6,9-10,12H,2-5,7-8,11H2,1H3,(H,19,21). The molecule has 1 fully saturated rings. The molecule has 0 saturated heterocycles. The van der Waals surface area contributed by atoms with E-state index in [4.69, 9.17) is 0 Å². The van der Waals surface area contributed by atoms with Gasteiger partial charge in [0, 0.05) is 13.1 Å². The molecule has 116 valence electrons. The van der Waals surface area contributed by atoms with Crippen LogP contribution >= 0.6 is 0 Å². The molecule has 1 aromatic carbocycles. The molecule has 0 atom stereocenters. The molecule has 1 N–H and O–H groups in total. The van der Waals surface area contributed by atoms with Gasteiger partial charge in [-0.15, -0.1) is 0 Å². The Bertz CT molecular complexity index is 465. The molecule has 0 radical (unpaired) electrons. The summed E-state index contributed by atoms with van der Waals surface area (Å²) in [6.07, 6.45) is 6.66. The predicted molar refractivity (Wildman–Crippen MR) is 79.3 cm³/mol. The van der Waals surface area contributed by atoms with E-state index in [1.54, 1.807) is 0 Å². The summed E-state index contributed by atoms with van der Waals surface area (Å²) in [7, 11) is 1.52. The summed E-state index contributed by atoms with van der Waals surface area (Å²) >= 11 is 0. The second-order valence-corrected chi connectivity index (χ2v) is 5.68. The van der Waals surface area contributed by atoms with Crippen LogP contribution in [-0.2, 0) is 4.79 Å². The number of nitrogens with zero attached hydrogens (tertiary/aromatic N) is 1. The van der Waals surface area contributed by atoms with Crippen molar-refractivity contribution in [2.45, 2.75) is 44.6 Å². The summed E-state index contributed by atoms with van der Waals surface area (Å²) < 4.78 is 27.3. The Balaban J connectivity index is 1.92. The van der Waals surface area contributed by atoms with Gasteiger partial charge in [0.2, 0.25) is 5.91 Å². The van der Waals surface area contributed by atoms with Gasteiger partial charge in [-0.2, -0.15) is 0 Å². The SMILES string of the molecule is CN(CC(=O)NC1CCCCCC1)c1c(F)cccc1F. The van der Waals surface area contributed by atoms with Gasteiger partial charge in [-0.3, -0.25) is 4.79 Å². The normalized spacial score (nSPS) is 16.3. The van der Waals surface area contributed by atoms with E-state index in [1.165, 1.54) is 43.0 Å². The molecule has 1 amide bonds. The van der Waals surface area contributed by atoms with Crippen LogP contribution < -0.4 is 10.2 Å². The van der Waals surface area contributed by atoms with Gasteiger partial charge in [-0.05, 0) is 25.0 Å². The largest absolute Gasteiger partial charge is 0.361 e. The van der Waals surface area contributed by atoms with Crippen LogP contribution in [0.25, 0.3) is 0 Å². The Hall–Kier alpha value is -1.65. The van der Waals surface area contributed by atoms with Gasteiger partial charge in [0.1, 0.15) is 17.3 Å². The van der Waals surface area contributed by atoms with Gasteiger partial charge in [0.05, 0.1) is 6.54 Å². The molecule has 5 heteroatoms. The lowest BCUT2D eigenvalue weighted by atomic mass is 10.1. The second kappa shape index (κ2) is 7.38. The first-order valence-corrected chi connectivity index (χ1v) is 7.52. The van der Waals surface area contributed by atoms with Crippen molar-refractivity contribution in [1.29, 1.82) is 0 Å². The number of carbonyl (C=O) groups is 1. The van der Waals surface area contributed by atoms with E-state index in [-0.39, 0.29) is 24.2 Å². The minimum atomic E-state index is -0.653. The Morgan fingerprint density at radius 3 is 2.33 bits per heavy atom. The summed E-state index contributed by atoms with van der Waals surface area (Å²) in [6, 6.07) is 3.89. The van der Waals surface area contributed by atoms with Gasteiger partial charge in [-0.25, -0.2) is 8.78 Å². The van der Waals surface area contributed by atoms with Crippen molar-refractivity contribution in [1.82, 2.24) is 5.32 Å². The number of amides is 1. The molecular weight excluding hydrogens is 274 g/mol. The van der Waals surface area contributed by atoms with E-state index < -0.39 is 11.6 Å². The zero-order chi connectivity index (χ0) is 15.2. The maximum absolute atomic E-state index is 13.7. The van der Waals surface area contributed by atoms with E-state index in [9.17, 15) is 13.6 Å². The van der Waals surface area contributed by atoms with E-state index in [2.05, 4.69) is 5.32 Å². The fourth-order valence-corrected chi connectivity index (χ4v) is 2.85. The smallest absolute Gasteiger partial charge is 0.239 e. The van der Waals surface area contributed by atoms with Crippen molar-refractivity contribution in [3.05, 3.63) is 29.8 Å². The van der Waals surface area contributed by atoms with Crippen LogP contribution in [0.4, 0.5) is 14.5 Å². The first kappa shape index (κ1) is 15.7. The third kappa shape index (κ3) is 4.41. The van der Waals surface area contributed by atoms with Gasteiger partial charge in [0.25, 0.3) is 0 Å². The average Bonchev–Trinajstić information content (AvgIpc) is 2.66. The number of nitrogens with one attached hydrogen (secondary N) is 1. The first-order valence-electron chi connectivity index (χ1n) is 7.52. The van der Waals surface area contributed by atoms with E-state index in [0.29, 0.717) is 0 Å². The van der Waals surface area contributed by atoms with Crippen molar-refractivity contribution >= 4 is 11.6 Å². The lowest BCUT2D eigenvalue weighted by Gasteiger charge is -2.22. The highest BCUT2D eigenvalue weighted by Crippen LogP contribution is 2.22. The number of rotatable bonds is 4. The number of carbonyl (C=O) groups excluding carboxylic acids is 1. The lowest BCUT2D eigenvalue weighted by molar-refractivity contribution is -0.120. The number of likely N-dealkylation sites (N-methyl/N-ethyl adjacent to an activating group) is 1. The van der Waals surface area contributed by atoms with Crippen molar-refractivity contribution in [3.63, 3.8) is 0 Å². The molecule has 0 bridgehead atoms. The minimum Gasteiger partial charge on any atom is -0.361 e. The molecule has 21 heavy (non-hydrogen) atoms. The van der Waals surface area contributed by atoms with Crippen LogP contribution in [-0.4, -0.2) is 25.5 Å². The van der Waals surface area contributed by atoms with E-state index in [0.717, 1.165) is 25.7 Å². The van der Waals surface area contributed by atoms with Crippen molar-refractivity contribution in [2.75, 3.05) is 18.5 Å². The third-order valence-corrected chi connectivity index (χ3v) is 3.92. The van der Waals surface area contributed by atoms with Gasteiger partial charge in [0.15, 0.2) is 0 Å². The first-order chi connectivity index (χ1) is 10.1. The Labute approximate surface area is 124 Å². The zero-order valence-electron chi connectivity index (χ0n) is 12.4. The number of para-hydroxylation sites is 1. The van der Waals surface area contributed by atoms with Crippen LogP contribution in [0, 0.1) is 11.6 Å². The molecule has 1 saturated carbocycles. The number of hydrogen-bond acceptors (Lipinski definition) is 2. The molecule has 1 aliphatic carbocycles. The van der Waals surface area contributed by atoms with Crippen LogP contribution in [0.2, 0.25) is 0 Å². The Morgan fingerprint density at radius 1 is 1.19 bits per heavy atom. The number of hydrogen-bond donors (Lipinski definition) is 1. The highest BCUT2D eigenvalue weighted by Gasteiger charge is 2.18. The average molecular weight is 296 g/mol. The molecule has 1 aliphatic rings. The quantitative estimate of drug-likeness (QED) is 0.865. The van der Waals surface area contributed by atoms with Crippen LogP contribution in [0.3, 0.4) is 0 Å². The van der Waals surface area contributed by atoms with E-state index >= 15 is 0 Å². The fraction of sp³-hybridized carbons (Fsp3) is 0.562. The molecule has 1 aromatic rings. The molecule has 0 spiro atoms. The van der Waals surface area contributed by atoms with E-state index in [1.807, 2.05) is 0 Å². The lowest BCUT2D eigenvalue weighted by Crippen LogP contribution is -2.41. The molecular formula is C16H22F2N2O. The fourth-order valence-electron chi connectivity index (χ4n) is 2.85. The van der Waals surface area contributed by atoms with Crippen LogP contribution in [0.15, 0.2) is 18.2 Å². The number of benzene rings is 1. The summed E-state index contributed by atoms with van der Waals surface area (Å²) in [5.74, 6) is -1.49. The minimum absolute atomic E-state index is 0.0473. The number of halogens is 2. The highest BCUT2D eigenvalue weighted by molar-refractivity contribution is 5.81. The highest BCUT2D eigenvalue weighted by atomic mass is 19.1. The van der Waals surface area contributed by atoms with Crippen molar-refractivity contribution in [2.24, 2.45) is 0 Å². The molecule has 0 heterocycles. The van der Waals surface area contributed by atoms with Crippen molar-refractivity contribution < 1.29 is 13.6 Å². The molecule has 0 unspecified atom stereocenters. The monoisotopic (exact) mass is 296 g/mol. The summed E-state index contributed by atoms with van der Waals surface area (Å²) in [4.78, 5) is 13.3. The number of anilines is 1. The Morgan fingerprint density at radius 2 is 1.76 bits per heavy atom. The molecule has 0 aliphatic heterocycles. The topological polar surface area (TPSA) is 32.3 Å². The Kier molecular flexibility index (Phi) is 5.53. The van der Waals surface area contributed by atoms with Gasteiger partial charge >= 0.3 is 0 Å². The van der Waals surface area contributed by atoms with Gasteiger partial charge in [-0.1, -0.05) is 31.7 Å². The zero-order valence-corrected chi connectivity index (χ0v) is 12.4. The maximum atomic E-state index is 13.7. The third-order valence-electron chi connectivity index (χ3n) is 3.92. The van der Waals surface area contributed by atoms with Crippen LogP contribution in [0.1, 0.15) is 38.5 Å². The molecule has 2 rings (SSSR count). The van der Waals surface area contributed by atoms with Crippen molar-refractivity contribution in [3.8, 4) is 0 Å². The summed E-state index contributed by atoms with van der Waals surface area (Å²) in [6.45, 7) is -0.0473. The van der Waals surface area contributed by atoms with Gasteiger partial charge < -0.3 is 10.2 Å².